The fourth-order valence-electron chi connectivity index (χ4n) is 4.00. The average Bonchev–Trinajstić information content (AvgIpc) is 3.00. The molecule has 0 saturated carbocycles. The van der Waals surface area contributed by atoms with E-state index in [4.69, 9.17) is 0 Å². The minimum Gasteiger partial charge on any atom is -0.503 e. The molecular formula is C20H18F3N3O4. The molecule has 2 aliphatic rings. The molecule has 2 amide bonds. The molecule has 158 valence electrons. The van der Waals surface area contributed by atoms with E-state index in [0.717, 1.165) is 6.42 Å². The van der Waals surface area contributed by atoms with Gasteiger partial charge in [-0.05, 0) is 19.3 Å². The molecule has 1 fully saturated rings. The first kappa shape index (κ1) is 20.0. The zero-order valence-electron chi connectivity index (χ0n) is 15.8. The van der Waals surface area contributed by atoms with Gasteiger partial charge in [-0.15, -0.1) is 0 Å². The van der Waals surface area contributed by atoms with E-state index in [1.807, 2.05) is 0 Å². The SMILES string of the molecule is O=C(NCc1c(F)cc(F)cc1F)c1cn2c(c(O)c1=O)C(=O)N1CCC[C@H]2CC1. The Hall–Kier alpha value is -3.30. The molecule has 30 heavy (non-hydrogen) atoms. The van der Waals surface area contributed by atoms with Gasteiger partial charge in [-0.25, -0.2) is 13.2 Å². The number of aromatic nitrogens is 1. The van der Waals surface area contributed by atoms with E-state index in [9.17, 15) is 32.7 Å². The first-order chi connectivity index (χ1) is 14.3. The molecule has 4 rings (SSSR count). The summed E-state index contributed by atoms with van der Waals surface area (Å²) in [6.07, 6.45) is 3.26. The summed E-state index contributed by atoms with van der Waals surface area (Å²) in [6, 6.07) is 0.781. The van der Waals surface area contributed by atoms with Crippen LogP contribution in [0.25, 0.3) is 0 Å². The minimum atomic E-state index is -1.18. The van der Waals surface area contributed by atoms with Crippen LogP contribution in [0.2, 0.25) is 0 Å². The summed E-state index contributed by atoms with van der Waals surface area (Å²) in [7, 11) is 0. The Labute approximate surface area is 168 Å². The summed E-state index contributed by atoms with van der Waals surface area (Å²) in [6.45, 7) is 0.373. The van der Waals surface area contributed by atoms with Crippen molar-refractivity contribution in [3.63, 3.8) is 0 Å². The summed E-state index contributed by atoms with van der Waals surface area (Å²) in [5.74, 6) is -5.73. The fourth-order valence-corrected chi connectivity index (χ4v) is 4.00. The van der Waals surface area contributed by atoms with E-state index >= 15 is 0 Å². The van der Waals surface area contributed by atoms with Crippen LogP contribution in [-0.4, -0.2) is 39.5 Å². The van der Waals surface area contributed by atoms with Crippen LogP contribution in [0, 0.1) is 17.5 Å². The maximum atomic E-state index is 13.8. The highest BCUT2D eigenvalue weighted by Crippen LogP contribution is 2.32. The molecule has 2 N–H and O–H groups in total. The topological polar surface area (TPSA) is 91.6 Å². The monoisotopic (exact) mass is 421 g/mol. The van der Waals surface area contributed by atoms with Crippen LogP contribution in [-0.2, 0) is 6.54 Å². The van der Waals surface area contributed by atoms with E-state index in [-0.39, 0.29) is 11.7 Å². The van der Waals surface area contributed by atoms with Crippen molar-refractivity contribution in [2.45, 2.75) is 31.8 Å². The van der Waals surface area contributed by atoms with Gasteiger partial charge in [-0.1, -0.05) is 0 Å². The number of benzene rings is 1. The van der Waals surface area contributed by atoms with Crippen molar-refractivity contribution in [1.29, 1.82) is 0 Å². The maximum Gasteiger partial charge on any atom is 0.274 e. The fraction of sp³-hybridized carbons (Fsp3) is 0.350. The number of pyridine rings is 1. The van der Waals surface area contributed by atoms with Crippen LogP contribution in [0.3, 0.4) is 0 Å². The van der Waals surface area contributed by atoms with Gasteiger partial charge in [0.15, 0.2) is 11.4 Å². The Morgan fingerprint density at radius 3 is 2.53 bits per heavy atom. The molecule has 2 aliphatic heterocycles. The smallest absolute Gasteiger partial charge is 0.274 e. The highest BCUT2D eigenvalue weighted by atomic mass is 19.1. The molecule has 0 spiro atoms. The lowest BCUT2D eigenvalue weighted by atomic mass is 10.1. The second-order valence-corrected chi connectivity index (χ2v) is 7.38. The third-order valence-electron chi connectivity index (χ3n) is 5.57. The predicted molar refractivity (Wildman–Crippen MR) is 98.6 cm³/mol. The summed E-state index contributed by atoms with van der Waals surface area (Å²) in [5, 5.41) is 12.6. The first-order valence-corrected chi connectivity index (χ1v) is 9.47. The molecule has 1 aromatic heterocycles. The van der Waals surface area contributed by atoms with Crippen molar-refractivity contribution in [2.24, 2.45) is 0 Å². The number of fused-ring (bicyclic) bond motifs is 5. The van der Waals surface area contributed by atoms with E-state index in [0.29, 0.717) is 38.1 Å². The molecule has 10 heteroatoms. The number of hydrogen-bond donors (Lipinski definition) is 2. The van der Waals surface area contributed by atoms with Gasteiger partial charge in [0.2, 0.25) is 5.43 Å². The molecule has 1 saturated heterocycles. The van der Waals surface area contributed by atoms with E-state index in [1.165, 1.54) is 10.8 Å². The highest BCUT2D eigenvalue weighted by molar-refractivity contribution is 5.98. The number of carbonyl (C=O) groups is 2. The van der Waals surface area contributed by atoms with Crippen LogP contribution in [0.5, 0.6) is 5.75 Å². The number of rotatable bonds is 3. The number of hydrogen-bond acceptors (Lipinski definition) is 4. The first-order valence-electron chi connectivity index (χ1n) is 9.47. The van der Waals surface area contributed by atoms with Crippen molar-refractivity contribution in [3.05, 3.63) is 62.8 Å². The molecule has 0 radical (unpaired) electrons. The van der Waals surface area contributed by atoms with Crippen molar-refractivity contribution < 1.29 is 27.9 Å². The van der Waals surface area contributed by atoms with Gasteiger partial charge < -0.3 is 19.9 Å². The number of nitrogens with zero attached hydrogens (tertiary/aromatic N) is 2. The third-order valence-corrected chi connectivity index (χ3v) is 5.57. The highest BCUT2D eigenvalue weighted by Gasteiger charge is 2.34. The van der Waals surface area contributed by atoms with Crippen LogP contribution < -0.4 is 10.7 Å². The van der Waals surface area contributed by atoms with Gasteiger partial charge in [-0.3, -0.25) is 14.4 Å². The van der Waals surface area contributed by atoms with Crippen LogP contribution in [0.15, 0.2) is 23.1 Å². The summed E-state index contributed by atoms with van der Waals surface area (Å²) in [5.41, 5.74) is -2.23. The minimum absolute atomic E-state index is 0.158. The Kier molecular flexibility index (Phi) is 5.00. The average molecular weight is 421 g/mol. The Morgan fingerprint density at radius 1 is 1.13 bits per heavy atom. The van der Waals surface area contributed by atoms with Gasteiger partial charge in [0.05, 0.1) is 0 Å². The van der Waals surface area contributed by atoms with Crippen molar-refractivity contribution >= 4 is 11.8 Å². The van der Waals surface area contributed by atoms with Gasteiger partial charge in [-0.2, -0.15) is 0 Å². The second-order valence-electron chi connectivity index (χ2n) is 7.38. The molecule has 1 aromatic carbocycles. The molecule has 3 heterocycles. The largest absolute Gasteiger partial charge is 0.503 e. The lowest BCUT2D eigenvalue weighted by Crippen LogP contribution is -2.36. The quantitative estimate of drug-likeness (QED) is 0.794. The molecule has 0 unspecified atom stereocenters. The number of nitrogens with one attached hydrogen (secondary N) is 1. The zero-order chi connectivity index (χ0) is 21.6. The normalized spacial score (nSPS) is 18.0. The standard InChI is InChI=1S/C20H18F3N3O4/c21-10-6-14(22)12(15(23)7-10)8-24-19(29)13-9-26-11-2-1-4-25(5-3-11)20(30)16(26)18(28)17(13)27/h6-7,9,11,28H,1-5,8H2,(H,24,29)/t11-/m0/s1. The van der Waals surface area contributed by atoms with Crippen molar-refractivity contribution in [1.82, 2.24) is 14.8 Å². The van der Waals surface area contributed by atoms with Crippen molar-refractivity contribution in [3.8, 4) is 5.75 Å². The molecular weight excluding hydrogens is 403 g/mol. The van der Waals surface area contributed by atoms with E-state index in [2.05, 4.69) is 5.32 Å². The molecule has 2 aromatic rings. The summed E-state index contributed by atoms with van der Waals surface area (Å²) < 4.78 is 42.0. The summed E-state index contributed by atoms with van der Waals surface area (Å²) >= 11 is 0. The number of amides is 2. The van der Waals surface area contributed by atoms with Crippen LogP contribution >= 0.6 is 0 Å². The van der Waals surface area contributed by atoms with Gasteiger partial charge in [0.25, 0.3) is 11.8 Å². The van der Waals surface area contributed by atoms with Gasteiger partial charge in [0.1, 0.15) is 23.0 Å². The van der Waals surface area contributed by atoms with Crippen LogP contribution in [0.1, 0.15) is 51.7 Å². The van der Waals surface area contributed by atoms with Gasteiger partial charge in [0, 0.05) is 49.6 Å². The predicted octanol–water partition coefficient (Wildman–Crippen LogP) is 2.08. The number of carbonyl (C=O) groups excluding carboxylic acids is 2. The van der Waals surface area contributed by atoms with Gasteiger partial charge >= 0.3 is 0 Å². The lowest BCUT2D eigenvalue weighted by molar-refractivity contribution is 0.0752. The molecule has 1 atom stereocenters. The van der Waals surface area contributed by atoms with E-state index < -0.39 is 58.1 Å². The lowest BCUT2D eigenvalue weighted by Gasteiger charge is -2.24. The number of aromatic hydroxyl groups is 1. The zero-order valence-corrected chi connectivity index (χ0v) is 15.8. The summed E-state index contributed by atoms with van der Waals surface area (Å²) in [4.78, 5) is 39.4. The maximum absolute atomic E-state index is 13.8. The Balaban J connectivity index is 1.68. The Morgan fingerprint density at radius 2 is 1.83 bits per heavy atom. The van der Waals surface area contributed by atoms with E-state index in [1.54, 1.807) is 4.90 Å². The molecule has 2 bridgehead atoms. The number of halogens is 3. The Bertz CT molecular complexity index is 1090. The molecule has 7 nitrogen and oxygen atoms in total. The second kappa shape index (κ2) is 7.51. The van der Waals surface area contributed by atoms with Crippen LogP contribution in [0.4, 0.5) is 13.2 Å². The van der Waals surface area contributed by atoms with Crippen molar-refractivity contribution in [2.75, 3.05) is 13.1 Å². The molecule has 0 aliphatic carbocycles. The third kappa shape index (κ3) is 3.31.